The second kappa shape index (κ2) is 7.59. The Bertz CT molecular complexity index is 1210. The fourth-order valence-corrected chi connectivity index (χ4v) is 8.97. The highest BCUT2D eigenvalue weighted by molar-refractivity contribution is 5.87. The molecule has 1 aliphatic heterocycles. The van der Waals surface area contributed by atoms with E-state index in [0.29, 0.717) is 17.8 Å². The standard InChI is InChI=1S/C32H43NO2/c1-8-30(4,5)19-9-11-21-22-15-20-10-12-24-23-17-26(34)28(18(2)3)35-27(23)13-14-31(24,6)32(20,7)29(22)33-25(21)16-19/h8-9,11,16,20,23-24,26-28,33-34H,1-2,10,12-15,17H2,3-7H3/t20?,23?,24?,26?,27?,28?,31?,32-/m1/s1. The van der Waals surface area contributed by atoms with Gasteiger partial charge in [-0.05, 0) is 91.4 Å². The van der Waals surface area contributed by atoms with E-state index in [4.69, 9.17) is 4.74 Å². The molecule has 2 aromatic rings. The molecule has 2 heterocycles. The highest BCUT2D eigenvalue weighted by Crippen LogP contribution is 2.68. The van der Waals surface area contributed by atoms with Crippen molar-refractivity contribution in [2.75, 3.05) is 0 Å². The molecule has 0 bridgehead atoms. The number of H-pyrrole nitrogens is 1. The first-order chi connectivity index (χ1) is 16.5. The van der Waals surface area contributed by atoms with Gasteiger partial charge in [0.15, 0.2) is 0 Å². The molecule has 0 spiro atoms. The van der Waals surface area contributed by atoms with Crippen LogP contribution in [0.15, 0.2) is 43.0 Å². The maximum absolute atomic E-state index is 11.0. The van der Waals surface area contributed by atoms with Crippen molar-refractivity contribution in [1.82, 2.24) is 4.98 Å². The number of aromatic amines is 1. The van der Waals surface area contributed by atoms with Crippen molar-refractivity contribution in [3.05, 3.63) is 59.8 Å². The molecular weight excluding hydrogens is 430 g/mol. The third-order valence-corrected chi connectivity index (χ3v) is 11.4. The average Bonchev–Trinajstić information content (AvgIpc) is 3.32. The topological polar surface area (TPSA) is 45.2 Å². The predicted octanol–water partition coefficient (Wildman–Crippen LogP) is 6.98. The second-order valence-electron chi connectivity index (χ2n) is 13.3. The van der Waals surface area contributed by atoms with Gasteiger partial charge in [0.25, 0.3) is 0 Å². The summed E-state index contributed by atoms with van der Waals surface area (Å²) in [6, 6.07) is 7.01. The van der Waals surface area contributed by atoms with Crippen LogP contribution in [0.1, 0.15) is 83.5 Å². The molecule has 1 saturated heterocycles. The third-order valence-electron chi connectivity index (χ3n) is 11.4. The zero-order chi connectivity index (χ0) is 24.9. The smallest absolute Gasteiger partial charge is 0.104 e. The van der Waals surface area contributed by atoms with E-state index in [-0.39, 0.29) is 28.5 Å². The fraction of sp³-hybridized carbons (Fsp3) is 0.625. The molecule has 2 N–H and O–H groups in total. The maximum atomic E-state index is 11.0. The van der Waals surface area contributed by atoms with Gasteiger partial charge in [-0.3, -0.25) is 0 Å². The van der Waals surface area contributed by atoms with E-state index in [2.05, 4.69) is 64.0 Å². The molecule has 3 fully saturated rings. The van der Waals surface area contributed by atoms with Gasteiger partial charge in [0.2, 0.25) is 0 Å². The van der Waals surface area contributed by atoms with Crippen molar-refractivity contribution < 1.29 is 9.84 Å². The van der Waals surface area contributed by atoms with Gasteiger partial charge in [0, 0.05) is 27.4 Å². The number of hydrogen-bond acceptors (Lipinski definition) is 2. The van der Waals surface area contributed by atoms with Gasteiger partial charge in [-0.2, -0.15) is 0 Å². The molecule has 7 unspecified atom stereocenters. The highest BCUT2D eigenvalue weighted by Gasteiger charge is 2.65. The van der Waals surface area contributed by atoms with Crippen LogP contribution in [0.2, 0.25) is 0 Å². The van der Waals surface area contributed by atoms with Crippen molar-refractivity contribution in [3.8, 4) is 0 Å². The van der Waals surface area contributed by atoms with E-state index in [0.717, 1.165) is 18.4 Å². The summed E-state index contributed by atoms with van der Waals surface area (Å²) in [4.78, 5) is 3.99. The molecule has 6 rings (SSSR count). The second-order valence-corrected chi connectivity index (χ2v) is 13.3. The molecule has 1 aromatic carbocycles. The molecule has 0 amide bonds. The molecular formula is C32H43NO2. The minimum Gasteiger partial charge on any atom is -0.390 e. The average molecular weight is 474 g/mol. The number of aromatic nitrogens is 1. The molecule has 3 aliphatic carbocycles. The molecule has 2 saturated carbocycles. The number of nitrogens with one attached hydrogen (secondary N) is 1. The molecule has 1 aromatic heterocycles. The number of rotatable bonds is 3. The minimum absolute atomic E-state index is 0.0417. The van der Waals surface area contributed by atoms with Crippen LogP contribution in [0.25, 0.3) is 10.9 Å². The van der Waals surface area contributed by atoms with Gasteiger partial charge in [0.1, 0.15) is 6.10 Å². The Hall–Kier alpha value is -1.84. The van der Waals surface area contributed by atoms with Crippen LogP contribution >= 0.6 is 0 Å². The van der Waals surface area contributed by atoms with Crippen molar-refractivity contribution >= 4 is 10.9 Å². The highest BCUT2D eigenvalue weighted by atomic mass is 16.5. The van der Waals surface area contributed by atoms with Gasteiger partial charge >= 0.3 is 0 Å². The number of aliphatic hydroxyl groups is 1. The Kier molecular flexibility index (Phi) is 5.10. The van der Waals surface area contributed by atoms with E-state index in [1.165, 1.54) is 47.8 Å². The summed E-state index contributed by atoms with van der Waals surface area (Å²) in [5, 5.41) is 12.4. The van der Waals surface area contributed by atoms with E-state index >= 15 is 0 Å². The summed E-state index contributed by atoms with van der Waals surface area (Å²) < 4.78 is 6.51. The monoisotopic (exact) mass is 473 g/mol. The van der Waals surface area contributed by atoms with Gasteiger partial charge in [-0.15, -0.1) is 6.58 Å². The SMILES string of the molecule is C=CC(C)(C)c1ccc2c3c([nH]c2c1)[C@@]1(C)C(CCC2C4CC(O)C(C(=C)C)OC4CCC21C)C3. The molecule has 35 heavy (non-hydrogen) atoms. The molecule has 0 radical (unpaired) electrons. The summed E-state index contributed by atoms with van der Waals surface area (Å²) in [6.07, 6.45) is 8.51. The number of benzene rings is 1. The van der Waals surface area contributed by atoms with Crippen molar-refractivity contribution in [1.29, 1.82) is 0 Å². The Labute approximate surface area is 211 Å². The van der Waals surface area contributed by atoms with Crippen molar-refractivity contribution in [2.45, 2.75) is 102 Å². The summed E-state index contributed by atoms with van der Waals surface area (Å²) >= 11 is 0. The Balaban J connectivity index is 1.40. The quantitative estimate of drug-likeness (QED) is 0.472. The number of fused-ring (bicyclic) bond motifs is 9. The van der Waals surface area contributed by atoms with Crippen LogP contribution in [0.5, 0.6) is 0 Å². The zero-order valence-electron chi connectivity index (χ0n) is 22.3. The lowest BCUT2D eigenvalue weighted by atomic mass is 9.43. The summed E-state index contributed by atoms with van der Waals surface area (Å²) in [5.74, 6) is 1.70. The van der Waals surface area contributed by atoms with Gasteiger partial charge < -0.3 is 14.8 Å². The lowest BCUT2D eigenvalue weighted by molar-refractivity contribution is -0.199. The van der Waals surface area contributed by atoms with Gasteiger partial charge in [0.05, 0.1) is 12.2 Å². The summed E-state index contributed by atoms with van der Waals surface area (Å²) in [6.45, 7) is 19.8. The lowest BCUT2D eigenvalue weighted by Crippen LogP contribution is -2.61. The molecule has 8 atom stereocenters. The van der Waals surface area contributed by atoms with Gasteiger partial charge in [-0.25, -0.2) is 0 Å². The minimum atomic E-state index is -0.430. The number of aliphatic hydroxyl groups excluding tert-OH is 1. The van der Waals surface area contributed by atoms with Gasteiger partial charge in [-0.1, -0.05) is 52.5 Å². The fourth-order valence-electron chi connectivity index (χ4n) is 8.97. The van der Waals surface area contributed by atoms with Crippen LogP contribution in [0.3, 0.4) is 0 Å². The Morgan fingerprint density at radius 3 is 2.71 bits per heavy atom. The Morgan fingerprint density at radius 1 is 1.23 bits per heavy atom. The first-order valence-electron chi connectivity index (χ1n) is 13.8. The lowest BCUT2D eigenvalue weighted by Gasteiger charge is -2.63. The number of ether oxygens (including phenoxy) is 1. The van der Waals surface area contributed by atoms with Crippen LogP contribution in [0, 0.1) is 23.2 Å². The molecule has 3 heteroatoms. The third kappa shape index (κ3) is 3.04. The zero-order valence-corrected chi connectivity index (χ0v) is 22.3. The van der Waals surface area contributed by atoms with E-state index < -0.39 is 6.10 Å². The molecule has 3 nitrogen and oxygen atoms in total. The molecule has 188 valence electrons. The van der Waals surface area contributed by atoms with Crippen LogP contribution in [-0.4, -0.2) is 28.4 Å². The van der Waals surface area contributed by atoms with E-state index in [9.17, 15) is 5.11 Å². The first-order valence-corrected chi connectivity index (χ1v) is 13.8. The normalized spacial score (nSPS) is 40.5. The summed E-state index contributed by atoms with van der Waals surface area (Å²) in [7, 11) is 0. The summed E-state index contributed by atoms with van der Waals surface area (Å²) in [5.41, 5.74) is 6.89. The largest absolute Gasteiger partial charge is 0.390 e. The van der Waals surface area contributed by atoms with Crippen molar-refractivity contribution in [2.24, 2.45) is 23.2 Å². The van der Waals surface area contributed by atoms with E-state index in [1.807, 2.05) is 13.0 Å². The maximum Gasteiger partial charge on any atom is 0.104 e. The number of allylic oxidation sites excluding steroid dienone is 1. The van der Waals surface area contributed by atoms with Crippen LogP contribution in [-0.2, 0) is 22.0 Å². The van der Waals surface area contributed by atoms with Crippen LogP contribution < -0.4 is 0 Å². The van der Waals surface area contributed by atoms with Crippen LogP contribution in [0.4, 0.5) is 0 Å². The Morgan fingerprint density at radius 2 is 2.00 bits per heavy atom. The van der Waals surface area contributed by atoms with Crippen molar-refractivity contribution in [3.63, 3.8) is 0 Å². The molecule has 4 aliphatic rings. The first kappa shape index (κ1) is 23.6. The predicted molar refractivity (Wildman–Crippen MR) is 144 cm³/mol. The van der Waals surface area contributed by atoms with E-state index in [1.54, 1.807) is 5.56 Å². The number of hydrogen-bond donors (Lipinski definition) is 2.